The highest BCUT2D eigenvalue weighted by Crippen LogP contribution is 2.48. The smallest absolute Gasteiger partial charge is 0.227 e. The highest BCUT2D eigenvalue weighted by Gasteiger charge is 2.42. The molecule has 2 heteroatoms. The lowest BCUT2D eigenvalue weighted by Gasteiger charge is -2.21. The summed E-state index contributed by atoms with van der Waals surface area (Å²) >= 11 is 0. The normalized spacial score (nSPS) is 29.4. The van der Waals surface area contributed by atoms with Crippen LogP contribution in [0.1, 0.15) is 57.4 Å². The van der Waals surface area contributed by atoms with Gasteiger partial charge in [0.1, 0.15) is 0 Å². The van der Waals surface area contributed by atoms with Gasteiger partial charge in [0.2, 0.25) is 5.91 Å². The van der Waals surface area contributed by atoms with E-state index in [2.05, 4.69) is 31.3 Å². The molecule has 2 saturated carbocycles. The topological polar surface area (TPSA) is 29.1 Å². The van der Waals surface area contributed by atoms with Gasteiger partial charge in [-0.15, -0.1) is 0 Å². The molecule has 0 spiro atoms. The molecule has 2 aliphatic carbocycles. The van der Waals surface area contributed by atoms with E-state index in [-0.39, 0.29) is 11.8 Å². The molecule has 0 unspecified atom stereocenters. The fourth-order valence-corrected chi connectivity index (χ4v) is 3.93. The van der Waals surface area contributed by atoms with Crippen molar-refractivity contribution in [2.24, 2.45) is 17.8 Å². The molecular weight excluding hydrogens is 246 g/mol. The molecule has 1 N–H and O–H groups in total. The molecule has 0 heterocycles. The number of hydrogen-bond acceptors (Lipinski definition) is 1. The van der Waals surface area contributed by atoms with Crippen LogP contribution in [0.4, 0.5) is 5.69 Å². The lowest BCUT2D eigenvalue weighted by molar-refractivity contribution is -0.121. The van der Waals surface area contributed by atoms with Crippen LogP contribution in [-0.2, 0) is 4.79 Å². The van der Waals surface area contributed by atoms with E-state index in [1.54, 1.807) is 0 Å². The lowest BCUT2D eigenvalue weighted by Crippen LogP contribution is -2.27. The predicted octanol–water partition coefficient (Wildman–Crippen LogP) is 4.57. The van der Waals surface area contributed by atoms with Crippen molar-refractivity contribution in [1.29, 1.82) is 0 Å². The van der Waals surface area contributed by atoms with E-state index in [1.807, 2.05) is 12.1 Å². The summed E-state index contributed by atoms with van der Waals surface area (Å²) in [5, 5.41) is 3.11. The van der Waals surface area contributed by atoms with E-state index in [4.69, 9.17) is 0 Å². The van der Waals surface area contributed by atoms with Gasteiger partial charge in [-0.25, -0.2) is 0 Å². The molecule has 1 aromatic carbocycles. The molecular formula is C18H25NO. The van der Waals surface area contributed by atoms with Crippen molar-refractivity contribution in [2.75, 3.05) is 5.32 Å². The van der Waals surface area contributed by atoms with Crippen molar-refractivity contribution in [3.8, 4) is 0 Å². The summed E-state index contributed by atoms with van der Waals surface area (Å²) in [5.41, 5.74) is 2.30. The van der Waals surface area contributed by atoms with E-state index in [0.29, 0.717) is 11.8 Å². The van der Waals surface area contributed by atoms with Gasteiger partial charge in [0.25, 0.3) is 0 Å². The van der Waals surface area contributed by atoms with Crippen LogP contribution in [0.3, 0.4) is 0 Å². The van der Waals surface area contributed by atoms with Crippen LogP contribution in [0.5, 0.6) is 0 Å². The fraction of sp³-hybridized carbons (Fsp3) is 0.611. The van der Waals surface area contributed by atoms with Crippen LogP contribution >= 0.6 is 0 Å². The van der Waals surface area contributed by atoms with Gasteiger partial charge in [-0.2, -0.15) is 0 Å². The average Bonchev–Trinajstić information content (AvgIpc) is 3.10. The number of hydrogen-bond donors (Lipinski definition) is 1. The Kier molecular flexibility index (Phi) is 3.82. The number of carbonyl (C=O) groups excluding carboxylic acids is 1. The van der Waals surface area contributed by atoms with E-state index < -0.39 is 0 Å². The Balaban J connectivity index is 1.61. The average molecular weight is 271 g/mol. The van der Waals surface area contributed by atoms with Crippen LogP contribution in [0.25, 0.3) is 0 Å². The van der Waals surface area contributed by atoms with Crippen molar-refractivity contribution in [3.05, 3.63) is 29.8 Å². The lowest BCUT2D eigenvalue weighted by atomic mass is 9.88. The second-order valence-corrected chi connectivity index (χ2v) is 6.70. The maximum Gasteiger partial charge on any atom is 0.227 e. The molecule has 0 radical (unpaired) electrons. The Labute approximate surface area is 122 Å². The maximum atomic E-state index is 12.4. The van der Waals surface area contributed by atoms with Gasteiger partial charge in [0, 0.05) is 11.6 Å². The molecule has 2 bridgehead atoms. The van der Waals surface area contributed by atoms with E-state index in [0.717, 1.165) is 24.4 Å². The highest BCUT2D eigenvalue weighted by atomic mass is 16.1. The van der Waals surface area contributed by atoms with Crippen molar-refractivity contribution in [2.45, 2.75) is 51.9 Å². The van der Waals surface area contributed by atoms with Gasteiger partial charge in [0.15, 0.2) is 0 Å². The number of anilines is 1. The predicted molar refractivity (Wildman–Crippen MR) is 82.7 cm³/mol. The number of fused-ring (bicyclic) bond motifs is 2. The minimum Gasteiger partial charge on any atom is -0.326 e. The van der Waals surface area contributed by atoms with Crippen LogP contribution in [0.2, 0.25) is 0 Å². The summed E-state index contributed by atoms with van der Waals surface area (Å²) < 4.78 is 0. The summed E-state index contributed by atoms with van der Waals surface area (Å²) in [7, 11) is 0. The largest absolute Gasteiger partial charge is 0.326 e. The molecule has 1 amide bonds. The van der Waals surface area contributed by atoms with Gasteiger partial charge in [-0.05, 0) is 61.1 Å². The van der Waals surface area contributed by atoms with Crippen LogP contribution in [0, 0.1) is 17.8 Å². The quantitative estimate of drug-likeness (QED) is 0.853. The van der Waals surface area contributed by atoms with Gasteiger partial charge < -0.3 is 5.32 Å². The molecule has 2 aliphatic rings. The summed E-state index contributed by atoms with van der Waals surface area (Å²) in [5.74, 6) is 2.57. The Morgan fingerprint density at radius 3 is 2.55 bits per heavy atom. The first-order chi connectivity index (χ1) is 9.67. The molecule has 0 saturated heterocycles. The highest BCUT2D eigenvalue weighted by molar-refractivity contribution is 5.93. The minimum absolute atomic E-state index is 0.244. The van der Waals surface area contributed by atoms with Crippen molar-refractivity contribution in [3.63, 3.8) is 0 Å². The summed E-state index contributed by atoms with van der Waals surface area (Å²) in [4.78, 5) is 12.4. The van der Waals surface area contributed by atoms with Crippen LogP contribution < -0.4 is 5.32 Å². The Morgan fingerprint density at radius 2 is 2.00 bits per heavy atom. The zero-order valence-electron chi connectivity index (χ0n) is 12.6. The molecule has 2 fully saturated rings. The minimum atomic E-state index is 0.244. The van der Waals surface area contributed by atoms with E-state index in [1.165, 1.54) is 24.8 Å². The Hall–Kier alpha value is -1.31. The molecule has 4 atom stereocenters. The van der Waals surface area contributed by atoms with Crippen LogP contribution in [0.15, 0.2) is 24.3 Å². The molecule has 20 heavy (non-hydrogen) atoms. The second-order valence-electron chi connectivity index (χ2n) is 6.70. The fourth-order valence-electron chi connectivity index (χ4n) is 3.93. The molecule has 0 aliphatic heterocycles. The van der Waals surface area contributed by atoms with Crippen molar-refractivity contribution in [1.82, 2.24) is 0 Å². The number of nitrogens with one attached hydrogen (secondary N) is 1. The summed E-state index contributed by atoms with van der Waals surface area (Å²) in [6.45, 7) is 4.44. The number of rotatable bonds is 4. The van der Waals surface area contributed by atoms with Crippen LogP contribution in [-0.4, -0.2) is 5.91 Å². The molecule has 1 aromatic rings. The standard InChI is InChI=1S/C18H25NO/c1-3-12(2)14-6-8-16(9-7-14)19-18(20)17-11-13-4-5-15(17)10-13/h6-9,12-13,15,17H,3-5,10-11H2,1-2H3,(H,19,20)/t12-,13+,15+,17-/m0/s1. The first-order valence-electron chi connectivity index (χ1n) is 8.08. The van der Waals surface area contributed by atoms with E-state index in [9.17, 15) is 4.79 Å². The van der Waals surface area contributed by atoms with Gasteiger partial charge in [-0.3, -0.25) is 4.79 Å². The van der Waals surface area contributed by atoms with E-state index >= 15 is 0 Å². The zero-order chi connectivity index (χ0) is 14.1. The Bertz CT molecular complexity index is 479. The van der Waals surface area contributed by atoms with Crippen molar-refractivity contribution < 1.29 is 4.79 Å². The number of carbonyl (C=O) groups is 1. The third-order valence-corrected chi connectivity index (χ3v) is 5.43. The zero-order valence-corrected chi connectivity index (χ0v) is 12.6. The SMILES string of the molecule is CC[C@H](C)c1ccc(NC(=O)[C@H]2C[C@@H]3CC[C@@H]2C3)cc1. The third-order valence-electron chi connectivity index (χ3n) is 5.43. The third kappa shape index (κ3) is 2.61. The first-order valence-corrected chi connectivity index (χ1v) is 8.08. The molecule has 0 aromatic heterocycles. The Morgan fingerprint density at radius 1 is 1.25 bits per heavy atom. The van der Waals surface area contributed by atoms with Gasteiger partial charge >= 0.3 is 0 Å². The second kappa shape index (κ2) is 5.59. The maximum absolute atomic E-state index is 12.4. The summed E-state index contributed by atoms with van der Waals surface area (Å²) in [6, 6.07) is 8.38. The first kappa shape index (κ1) is 13.7. The number of amides is 1. The molecule has 3 rings (SSSR count). The number of benzene rings is 1. The molecule has 2 nitrogen and oxygen atoms in total. The summed E-state index contributed by atoms with van der Waals surface area (Å²) in [6.07, 6.45) is 6.15. The van der Waals surface area contributed by atoms with Crippen molar-refractivity contribution >= 4 is 11.6 Å². The molecule has 108 valence electrons. The van der Waals surface area contributed by atoms with Gasteiger partial charge in [0.05, 0.1) is 0 Å². The van der Waals surface area contributed by atoms with Gasteiger partial charge in [-0.1, -0.05) is 32.4 Å². The monoisotopic (exact) mass is 271 g/mol.